The number of anilines is 2. The average molecular weight is 759 g/mol. The number of amides is 6. The maximum Gasteiger partial charge on any atom is 0.411 e. The second kappa shape index (κ2) is 21.3. The molecular weight excluding hydrogens is 712 g/mol. The molecule has 0 saturated carbocycles. The summed E-state index contributed by atoms with van der Waals surface area (Å²) in [4.78, 5) is 72.2. The monoisotopic (exact) mass is 758 g/mol. The van der Waals surface area contributed by atoms with Gasteiger partial charge < -0.3 is 45.6 Å². The summed E-state index contributed by atoms with van der Waals surface area (Å²) < 4.78 is 21.2. The van der Waals surface area contributed by atoms with Crippen molar-refractivity contribution in [1.29, 1.82) is 0 Å². The third-order valence-corrected chi connectivity index (χ3v) is 8.28. The molecule has 16 nitrogen and oxygen atoms in total. The summed E-state index contributed by atoms with van der Waals surface area (Å²) in [6.07, 6.45) is 0.654. The van der Waals surface area contributed by atoms with Gasteiger partial charge in [0, 0.05) is 48.7 Å². The van der Waals surface area contributed by atoms with Gasteiger partial charge in [0.15, 0.2) is 0 Å². The Morgan fingerprint density at radius 3 is 2.13 bits per heavy atom. The maximum atomic E-state index is 13.1. The van der Waals surface area contributed by atoms with E-state index >= 15 is 0 Å². The van der Waals surface area contributed by atoms with E-state index in [0.29, 0.717) is 55.1 Å². The van der Waals surface area contributed by atoms with Gasteiger partial charge in [-0.05, 0) is 73.1 Å². The Bertz CT molecular complexity index is 1960. The molecule has 0 aliphatic carbocycles. The van der Waals surface area contributed by atoms with E-state index in [4.69, 9.17) is 24.4 Å². The number of hydrogen-bond acceptors (Lipinski definition) is 10. The minimum atomic E-state index is -0.896. The Morgan fingerprint density at radius 2 is 1.47 bits per heavy atom. The highest BCUT2D eigenvalue weighted by molar-refractivity contribution is 5.96. The van der Waals surface area contributed by atoms with Crippen LogP contribution >= 0.6 is 0 Å². The van der Waals surface area contributed by atoms with E-state index in [-0.39, 0.29) is 25.7 Å². The van der Waals surface area contributed by atoms with Gasteiger partial charge in [-0.3, -0.25) is 14.9 Å². The van der Waals surface area contributed by atoms with Gasteiger partial charge in [0.25, 0.3) is 0 Å². The van der Waals surface area contributed by atoms with Crippen LogP contribution in [0.4, 0.5) is 25.8 Å². The van der Waals surface area contributed by atoms with Gasteiger partial charge in [0.1, 0.15) is 24.8 Å². The van der Waals surface area contributed by atoms with Crippen molar-refractivity contribution in [2.75, 3.05) is 36.9 Å². The zero-order valence-electron chi connectivity index (χ0n) is 30.7. The molecule has 6 amide bonds. The highest BCUT2D eigenvalue weighted by Gasteiger charge is 2.32. The number of benzene rings is 3. The van der Waals surface area contributed by atoms with E-state index in [2.05, 4.69) is 26.6 Å². The van der Waals surface area contributed by atoms with Crippen LogP contribution in [0.5, 0.6) is 0 Å². The van der Waals surface area contributed by atoms with Crippen molar-refractivity contribution in [1.82, 2.24) is 16.0 Å². The fraction of sp³-hybridized carbons (Fsp3) is 0.333. The van der Waals surface area contributed by atoms with E-state index in [1.54, 1.807) is 49.4 Å². The second-order valence-electron chi connectivity index (χ2n) is 12.5. The molecule has 1 saturated heterocycles. The zero-order chi connectivity index (χ0) is 39.6. The van der Waals surface area contributed by atoms with Crippen LogP contribution in [0.1, 0.15) is 42.9 Å². The summed E-state index contributed by atoms with van der Waals surface area (Å²) in [5.41, 5.74) is 7.73. The lowest BCUT2D eigenvalue weighted by molar-refractivity contribution is -0.127. The zero-order valence-corrected chi connectivity index (χ0v) is 30.7. The van der Waals surface area contributed by atoms with Gasteiger partial charge in [-0.15, -0.1) is 0 Å². The third-order valence-electron chi connectivity index (χ3n) is 8.28. The maximum absolute atomic E-state index is 13.1. The summed E-state index contributed by atoms with van der Waals surface area (Å²) >= 11 is 0. The molecule has 1 aliphatic rings. The molecule has 3 aromatic carbocycles. The molecule has 292 valence electrons. The number of nitrogens with one attached hydrogen (secondary N) is 5. The van der Waals surface area contributed by atoms with Crippen LogP contribution in [0.3, 0.4) is 0 Å². The molecule has 0 bridgehead atoms. The molecule has 1 aromatic heterocycles. The Labute approximate surface area is 317 Å². The van der Waals surface area contributed by atoms with E-state index in [1.165, 1.54) is 6.07 Å². The lowest BCUT2D eigenvalue weighted by Crippen LogP contribution is -2.53. The van der Waals surface area contributed by atoms with Crippen molar-refractivity contribution >= 4 is 52.4 Å². The molecule has 0 radical (unpaired) electrons. The Balaban J connectivity index is 0.000000876. The number of aryl methyl sites for hydroxylation is 1. The molecule has 1 aliphatic heterocycles. The van der Waals surface area contributed by atoms with Gasteiger partial charge in [-0.1, -0.05) is 49.4 Å². The predicted octanol–water partition coefficient (Wildman–Crippen LogP) is 4.69. The van der Waals surface area contributed by atoms with E-state index < -0.39 is 41.7 Å². The lowest BCUT2D eigenvalue weighted by Gasteiger charge is -2.29. The fourth-order valence-electron chi connectivity index (χ4n) is 5.46. The van der Waals surface area contributed by atoms with Crippen LogP contribution in [-0.2, 0) is 37.0 Å². The van der Waals surface area contributed by atoms with Crippen LogP contribution < -0.4 is 37.9 Å². The first-order valence-electron chi connectivity index (χ1n) is 17.7. The van der Waals surface area contributed by atoms with Crippen LogP contribution in [-0.4, -0.2) is 62.4 Å². The number of ether oxygens (including phenoxy) is 3. The number of nitrogens with two attached hydrogens (primary N) is 1. The molecule has 1 unspecified atom stereocenters. The molecule has 7 N–H and O–H groups in total. The van der Waals surface area contributed by atoms with Gasteiger partial charge in [0.2, 0.25) is 11.8 Å². The fourth-order valence-corrected chi connectivity index (χ4v) is 5.46. The number of rotatable bonds is 13. The molecular formula is C39H46N6O10. The van der Waals surface area contributed by atoms with Crippen LogP contribution in [0.15, 0.2) is 88.1 Å². The van der Waals surface area contributed by atoms with Gasteiger partial charge in [-0.25, -0.2) is 19.2 Å². The number of urea groups is 1. The molecule has 4 aromatic rings. The number of hydrogen-bond donors (Lipinski definition) is 6. The summed E-state index contributed by atoms with van der Waals surface area (Å²) in [5.74, 6) is -1.14. The molecule has 55 heavy (non-hydrogen) atoms. The number of primary amides is 1. The van der Waals surface area contributed by atoms with Gasteiger partial charge >= 0.3 is 23.8 Å². The van der Waals surface area contributed by atoms with Crippen molar-refractivity contribution in [3.05, 3.63) is 106 Å². The molecule has 2 heterocycles. The second-order valence-corrected chi connectivity index (χ2v) is 12.5. The lowest BCUT2D eigenvalue weighted by atomic mass is 9.91. The highest BCUT2D eigenvalue weighted by atomic mass is 16.6. The highest BCUT2D eigenvalue weighted by Crippen LogP contribution is 2.22. The Morgan fingerprint density at radius 1 is 0.818 bits per heavy atom. The summed E-state index contributed by atoms with van der Waals surface area (Å²) in [5, 5.41) is 13.8. The topological polar surface area (TPSA) is 229 Å². The van der Waals surface area contributed by atoms with Crippen LogP contribution in [0.25, 0.3) is 11.0 Å². The Hall–Kier alpha value is -6.42. The van der Waals surface area contributed by atoms with Crippen molar-refractivity contribution < 1.29 is 42.6 Å². The Kier molecular flexibility index (Phi) is 16.0. The van der Waals surface area contributed by atoms with Crippen LogP contribution in [0, 0.1) is 12.8 Å². The number of carbonyl (C=O) groups excluding carboxylic acids is 5. The van der Waals surface area contributed by atoms with Crippen molar-refractivity contribution in [3.63, 3.8) is 0 Å². The van der Waals surface area contributed by atoms with Gasteiger partial charge in [0.05, 0.1) is 6.54 Å². The third kappa shape index (κ3) is 14.2. The normalized spacial score (nSPS) is 12.9. The molecule has 16 heteroatoms. The standard InChI is InChI=1S/C35H36N4O9.C4H10N2O/c1-22-17-31(41)48-29-18-27(11-12-28(22)29)38-34(43)46-21-24-7-9-26(10-8-24)37-30(40)19-36-33(42)32(25-13-15-45-16-14-25)39-35(44)47-20-23-5-3-2-4-6-23;1-2-3-6-4(5)7/h2-12,17-18,25,32H,13-16,19-21H2,1H3,(H,36,42)(H,37,40)(H,38,43)(H,39,44);2-3H2,1H3,(H3,5,6,7). The summed E-state index contributed by atoms with van der Waals surface area (Å²) in [7, 11) is 0. The molecule has 0 spiro atoms. The average Bonchev–Trinajstić information content (AvgIpc) is 3.18. The summed E-state index contributed by atoms with van der Waals surface area (Å²) in [6.45, 7) is 5.08. The summed E-state index contributed by atoms with van der Waals surface area (Å²) in [6, 6.07) is 20.9. The quantitative estimate of drug-likeness (QED) is 0.103. The van der Waals surface area contributed by atoms with Crippen molar-refractivity contribution in [2.45, 2.75) is 52.4 Å². The SMILES string of the molecule is CCCNC(N)=O.Cc1cc(=O)oc2cc(NC(=O)OCc3ccc(NC(=O)CNC(=O)C(NC(=O)OCc4ccccc4)C4CCOCC4)cc3)ccc12. The number of fused-ring (bicyclic) bond motifs is 1. The van der Waals surface area contributed by atoms with Crippen molar-refractivity contribution in [2.24, 2.45) is 11.7 Å². The first kappa shape index (κ1) is 41.3. The molecule has 5 rings (SSSR count). The predicted molar refractivity (Wildman–Crippen MR) is 204 cm³/mol. The molecule has 1 atom stereocenters. The van der Waals surface area contributed by atoms with E-state index in [9.17, 15) is 28.8 Å². The van der Waals surface area contributed by atoms with Gasteiger partial charge in [-0.2, -0.15) is 0 Å². The van der Waals surface area contributed by atoms with Crippen molar-refractivity contribution in [3.8, 4) is 0 Å². The van der Waals surface area contributed by atoms with E-state index in [1.807, 2.05) is 37.3 Å². The minimum Gasteiger partial charge on any atom is -0.445 e. The smallest absolute Gasteiger partial charge is 0.411 e. The molecule has 1 fully saturated rings. The first-order chi connectivity index (χ1) is 26.5. The first-order valence-corrected chi connectivity index (χ1v) is 17.7. The number of carbonyl (C=O) groups is 5. The largest absolute Gasteiger partial charge is 0.445 e. The number of alkyl carbamates (subject to hydrolysis) is 1. The van der Waals surface area contributed by atoms with Crippen LogP contribution in [0.2, 0.25) is 0 Å². The minimum absolute atomic E-state index is 0.0354. The van der Waals surface area contributed by atoms with E-state index in [0.717, 1.165) is 22.9 Å².